The molecule has 0 spiro atoms. The molecule has 2 N–H and O–H groups in total. The minimum atomic E-state index is -0.647. The van der Waals surface area contributed by atoms with Crippen molar-refractivity contribution in [1.29, 1.82) is 5.26 Å². The van der Waals surface area contributed by atoms with Crippen molar-refractivity contribution in [3.05, 3.63) is 0 Å². The molecule has 2 fully saturated rings. The topological polar surface area (TPSA) is 56.3 Å². The zero-order valence-corrected chi connectivity index (χ0v) is 12.3. The van der Waals surface area contributed by atoms with Crippen LogP contribution in [0.15, 0.2) is 0 Å². The number of hydrogen-bond acceptors (Lipinski definition) is 4. The van der Waals surface area contributed by atoms with Crippen LogP contribution in [-0.4, -0.2) is 54.1 Å². The molecule has 1 unspecified atom stereocenters. The van der Waals surface area contributed by atoms with Crippen LogP contribution in [0.5, 0.6) is 0 Å². The largest absolute Gasteiger partial charge is 0.314 e. The van der Waals surface area contributed by atoms with Gasteiger partial charge in [0.05, 0.1) is 6.07 Å². The maximum atomic E-state index is 8.89. The van der Waals surface area contributed by atoms with Crippen LogP contribution in [0.2, 0.25) is 0 Å². The van der Waals surface area contributed by atoms with Gasteiger partial charge in [0.2, 0.25) is 0 Å². The Labute approximate surface area is 117 Å². The normalized spacial score (nSPS) is 26.2. The Bertz CT molecular complexity index is 307. The second-order valence-corrected chi connectivity index (χ2v) is 6.45. The first-order chi connectivity index (χ1) is 9.11. The summed E-state index contributed by atoms with van der Waals surface area (Å²) >= 11 is 0. The molecule has 0 amide bonds. The summed E-state index contributed by atoms with van der Waals surface area (Å²) in [6.45, 7) is 7.73. The molecule has 1 saturated heterocycles. The van der Waals surface area contributed by atoms with Gasteiger partial charge in [-0.15, -0.1) is 0 Å². The first-order valence-electron chi connectivity index (χ1n) is 7.77. The summed E-state index contributed by atoms with van der Waals surface area (Å²) in [7, 11) is 0. The summed E-state index contributed by atoms with van der Waals surface area (Å²) in [5.41, 5.74) is 5.20. The van der Waals surface area contributed by atoms with Crippen molar-refractivity contribution in [3.8, 4) is 6.07 Å². The molecule has 0 bridgehead atoms. The first-order valence-corrected chi connectivity index (χ1v) is 7.77. The van der Waals surface area contributed by atoms with Gasteiger partial charge in [-0.3, -0.25) is 4.90 Å². The van der Waals surface area contributed by atoms with Gasteiger partial charge in [0, 0.05) is 32.2 Å². The summed E-state index contributed by atoms with van der Waals surface area (Å²) in [4.78, 5) is 5.21. The highest BCUT2D eigenvalue weighted by molar-refractivity contribution is 5.00. The molecule has 19 heavy (non-hydrogen) atoms. The van der Waals surface area contributed by atoms with Crippen LogP contribution in [0.4, 0.5) is 0 Å². The zero-order valence-electron chi connectivity index (χ0n) is 12.3. The Morgan fingerprint density at radius 1 is 1.21 bits per heavy atom. The van der Waals surface area contributed by atoms with Gasteiger partial charge in [0.15, 0.2) is 0 Å². The molecule has 0 radical (unpaired) electrons. The van der Waals surface area contributed by atoms with Crippen molar-refractivity contribution >= 4 is 0 Å². The van der Waals surface area contributed by atoms with E-state index in [1.165, 1.54) is 51.9 Å². The monoisotopic (exact) mass is 264 g/mol. The molecule has 2 rings (SSSR count). The lowest BCUT2D eigenvalue weighted by Gasteiger charge is -2.38. The zero-order chi connectivity index (χ0) is 13.7. The van der Waals surface area contributed by atoms with E-state index < -0.39 is 5.54 Å². The first kappa shape index (κ1) is 14.8. The van der Waals surface area contributed by atoms with Gasteiger partial charge in [-0.05, 0) is 39.2 Å². The molecular weight excluding hydrogens is 236 g/mol. The van der Waals surface area contributed by atoms with Crippen molar-refractivity contribution in [1.82, 2.24) is 9.80 Å². The SMILES string of the molecule is CC(N)(C#N)CCCN1CCN(C2CCCC2)CC1. The standard InChI is InChI=1S/C15H28N4/c1-15(17,13-16)7-4-8-18-9-11-19(12-10-18)14-5-2-3-6-14/h14H,2-12,17H2,1H3. The Morgan fingerprint density at radius 3 is 2.42 bits per heavy atom. The van der Waals surface area contributed by atoms with E-state index >= 15 is 0 Å². The summed E-state index contributed by atoms with van der Waals surface area (Å²) in [5.74, 6) is 0. The van der Waals surface area contributed by atoms with E-state index in [9.17, 15) is 0 Å². The van der Waals surface area contributed by atoms with Gasteiger partial charge in [0.25, 0.3) is 0 Å². The van der Waals surface area contributed by atoms with Gasteiger partial charge in [-0.1, -0.05) is 12.8 Å². The van der Waals surface area contributed by atoms with Crippen molar-refractivity contribution in [2.24, 2.45) is 5.73 Å². The van der Waals surface area contributed by atoms with E-state index in [0.29, 0.717) is 0 Å². The molecular formula is C15H28N4. The van der Waals surface area contributed by atoms with Crippen LogP contribution in [0.25, 0.3) is 0 Å². The smallest absolute Gasteiger partial charge is 0.101 e. The molecule has 1 aliphatic heterocycles. The fraction of sp³-hybridized carbons (Fsp3) is 0.933. The molecule has 4 heteroatoms. The van der Waals surface area contributed by atoms with Crippen LogP contribution in [0, 0.1) is 11.3 Å². The Balaban J connectivity index is 1.62. The molecule has 108 valence electrons. The predicted molar refractivity (Wildman–Crippen MR) is 77.7 cm³/mol. The fourth-order valence-electron chi connectivity index (χ4n) is 3.35. The van der Waals surface area contributed by atoms with Crippen molar-refractivity contribution in [2.75, 3.05) is 32.7 Å². The number of nitrogens with two attached hydrogens (primary N) is 1. The molecule has 1 atom stereocenters. The highest BCUT2D eigenvalue weighted by Gasteiger charge is 2.26. The molecule has 1 saturated carbocycles. The maximum Gasteiger partial charge on any atom is 0.101 e. The van der Waals surface area contributed by atoms with E-state index in [1.807, 2.05) is 6.92 Å². The summed E-state index contributed by atoms with van der Waals surface area (Å²) in [6.07, 6.45) is 7.50. The van der Waals surface area contributed by atoms with Gasteiger partial charge in [-0.25, -0.2) is 0 Å². The second-order valence-electron chi connectivity index (χ2n) is 6.45. The lowest BCUT2D eigenvalue weighted by molar-refractivity contribution is 0.0962. The van der Waals surface area contributed by atoms with Crippen LogP contribution < -0.4 is 5.73 Å². The van der Waals surface area contributed by atoms with E-state index in [0.717, 1.165) is 25.4 Å². The minimum absolute atomic E-state index is 0.647. The van der Waals surface area contributed by atoms with E-state index in [4.69, 9.17) is 11.0 Å². The molecule has 4 nitrogen and oxygen atoms in total. The van der Waals surface area contributed by atoms with Crippen molar-refractivity contribution in [2.45, 2.75) is 57.0 Å². The maximum absolute atomic E-state index is 8.89. The third-order valence-electron chi connectivity index (χ3n) is 4.67. The minimum Gasteiger partial charge on any atom is -0.314 e. The number of rotatable bonds is 5. The average molecular weight is 264 g/mol. The summed E-state index contributed by atoms with van der Waals surface area (Å²) in [5, 5.41) is 8.89. The highest BCUT2D eigenvalue weighted by Crippen LogP contribution is 2.24. The fourth-order valence-corrected chi connectivity index (χ4v) is 3.35. The van der Waals surface area contributed by atoms with Gasteiger partial charge < -0.3 is 10.6 Å². The quantitative estimate of drug-likeness (QED) is 0.819. The van der Waals surface area contributed by atoms with Crippen LogP contribution >= 0.6 is 0 Å². The molecule has 0 aromatic carbocycles. The van der Waals surface area contributed by atoms with Crippen LogP contribution in [0.3, 0.4) is 0 Å². The average Bonchev–Trinajstić information content (AvgIpc) is 2.93. The van der Waals surface area contributed by atoms with Gasteiger partial charge in [-0.2, -0.15) is 5.26 Å². The Hall–Kier alpha value is -0.630. The molecule has 1 heterocycles. The van der Waals surface area contributed by atoms with Crippen molar-refractivity contribution < 1.29 is 0 Å². The molecule has 1 aliphatic carbocycles. The summed E-state index contributed by atoms with van der Waals surface area (Å²) in [6, 6.07) is 3.04. The third-order valence-corrected chi connectivity index (χ3v) is 4.67. The second kappa shape index (κ2) is 6.69. The lowest BCUT2D eigenvalue weighted by Crippen LogP contribution is -2.50. The van der Waals surface area contributed by atoms with Gasteiger partial charge in [0.1, 0.15) is 5.54 Å². The molecule has 2 aliphatic rings. The van der Waals surface area contributed by atoms with Crippen LogP contribution in [0.1, 0.15) is 45.4 Å². The number of nitriles is 1. The van der Waals surface area contributed by atoms with Crippen molar-refractivity contribution in [3.63, 3.8) is 0 Å². The van der Waals surface area contributed by atoms with E-state index in [1.54, 1.807) is 0 Å². The third kappa shape index (κ3) is 4.45. The molecule has 0 aromatic heterocycles. The highest BCUT2D eigenvalue weighted by atomic mass is 15.3. The van der Waals surface area contributed by atoms with Gasteiger partial charge >= 0.3 is 0 Å². The summed E-state index contributed by atoms with van der Waals surface area (Å²) < 4.78 is 0. The Morgan fingerprint density at radius 2 is 1.84 bits per heavy atom. The number of hydrogen-bond donors (Lipinski definition) is 1. The number of nitrogens with zero attached hydrogens (tertiary/aromatic N) is 3. The van der Waals surface area contributed by atoms with Crippen LogP contribution in [-0.2, 0) is 0 Å². The van der Waals surface area contributed by atoms with E-state index in [2.05, 4.69) is 15.9 Å². The Kier molecular flexibility index (Phi) is 5.20. The van der Waals surface area contributed by atoms with E-state index in [-0.39, 0.29) is 0 Å². The number of piperazine rings is 1. The lowest BCUT2D eigenvalue weighted by atomic mass is 9.99. The predicted octanol–water partition coefficient (Wildman–Crippen LogP) is 1.57. The molecule has 0 aromatic rings.